The summed E-state index contributed by atoms with van der Waals surface area (Å²) in [6.45, 7) is 21.0. The molecule has 18 heteroatoms. The molecule has 4 amide bonds. The number of halogens is 3. The fraction of sp³-hybridized carbons (Fsp3) is 0.527. The molecule has 1 saturated carbocycles. The van der Waals surface area contributed by atoms with Crippen LogP contribution in [0, 0.1) is 34.5 Å². The second kappa shape index (κ2) is 21.9. The number of rotatable bonds is 16. The van der Waals surface area contributed by atoms with Crippen molar-refractivity contribution in [2.75, 3.05) is 45.8 Å². The second-order valence-corrected chi connectivity index (χ2v) is 23.0. The monoisotopic (exact) mass is 1030 g/mol. The lowest BCUT2D eigenvalue weighted by Crippen LogP contribution is -2.74. The largest absolute Gasteiger partial charge is 0.489 e. The first-order valence-corrected chi connectivity index (χ1v) is 25.9. The minimum Gasteiger partial charge on any atom is -0.489 e. The molecule has 392 valence electrons. The van der Waals surface area contributed by atoms with Crippen molar-refractivity contribution in [3.8, 4) is 22.3 Å². The minimum absolute atomic E-state index is 0.00798. The predicted octanol–water partition coefficient (Wildman–Crippen LogP) is 7.54. The molecular formula is C55H69F3N8O6S. The van der Waals surface area contributed by atoms with Crippen LogP contribution in [-0.4, -0.2) is 125 Å². The number of carbonyl (C=O) groups is 4. The van der Waals surface area contributed by atoms with Crippen LogP contribution in [0.15, 0.2) is 72.2 Å². The number of aliphatic hydroxyl groups is 1. The van der Waals surface area contributed by atoms with Crippen molar-refractivity contribution in [1.82, 2.24) is 35.6 Å². The van der Waals surface area contributed by atoms with E-state index in [2.05, 4.69) is 30.7 Å². The third kappa shape index (κ3) is 12.6. The van der Waals surface area contributed by atoms with Gasteiger partial charge in [-0.3, -0.25) is 24.1 Å². The molecule has 0 radical (unpaired) electrons. The van der Waals surface area contributed by atoms with E-state index in [1.807, 2.05) is 104 Å². The number of amides is 4. The van der Waals surface area contributed by atoms with Crippen molar-refractivity contribution in [1.29, 1.82) is 5.26 Å². The smallest absolute Gasteiger partial charge is 0.417 e. The highest BCUT2D eigenvalue weighted by Crippen LogP contribution is 2.56. The number of carbonyl (C=O) groups excluding carboxylic acids is 4. The molecule has 2 aliphatic heterocycles. The van der Waals surface area contributed by atoms with E-state index >= 15 is 0 Å². The van der Waals surface area contributed by atoms with Gasteiger partial charge < -0.3 is 35.6 Å². The van der Waals surface area contributed by atoms with Gasteiger partial charge in [0.1, 0.15) is 23.9 Å². The number of aliphatic hydroxyl groups excluding tert-OH is 1. The first-order valence-electron chi connectivity index (χ1n) is 25.0. The van der Waals surface area contributed by atoms with Crippen LogP contribution in [0.2, 0.25) is 0 Å². The summed E-state index contributed by atoms with van der Waals surface area (Å²) in [5.41, 5.74) is 2.84. The number of benzene rings is 3. The maximum atomic E-state index is 14.2. The number of hydrogen-bond donors (Lipinski definition) is 4. The highest BCUT2D eigenvalue weighted by molar-refractivity contribution is 7.13. The summed E-state index contributed by atoms with van der Waals surface area (Å²) in [5, 5.41) is 29.1. The van der Waals surface area contributed by atoms with Gasteiger partial charge in [0.25, 0.3) is 5.91 Å². The van der Waals surface area contributed by atoms with Gasteiger partial charge in [0.2, 0.25) is 17.7 Å². The van der Waals surface area contributed by atoms with E-state index in [0.29, 0.717) is 18.7 Å². The summed E-state index contributed by atoms with van der Waals surface area (Å²) in [4.78, 5) is 66.3. The predicted molar refractivity (Wildman–Crippen MR) is 273 cm³/mol. The van der Waals surface area contributed by atoms with E-state index in [1.54, 1.807) is 29.5 Å². The summed E-state index contributed by atoms with van der Waals surface area (Å²) in [7, 11) is 0. The summed E-state index contributed by atoms with van der Waals surface area (Å²) in [5.74, 6) is -1.30. The standard InChI is InChI=1S/C55H69F3N8O6S/c1-33(36-16-18-37(19-17-36)45-34(2)60-32-73-45)61-48(70)43-27-40(67)30-66(43)49(71)46(52(3,4)5)62-44(68)31-65-25-23-64(24-26-65)22-10-11-35-12-14-38(15-13-35)47(69)63-50-53(6,7)51(54(50,8)9)72-41-21-20-39(29-59)42(28-41)55(56,57)58/h12-21,28,32-33,40,43,46,50-51,67H,10-11,22-27,30-31H2,1-9H3,(H,61,70)(H,62,68)(H,63,69)/t33?,40-,43+,46-,50-,51-/m1/s1. The third-order valence-electron chi connectivity index (χ3n) is 14.8. The molecule has 1 aliphatic carbocycles. The van der Waals surface area contributed by atoms with Crippen LogP contribution in [-0.2, 0) is 27.0 Å². The van der Waals surface area contributed by atoms with Crippen LogP contribution in [0.25, 0.3) is 10.4 Å². The number of aromatic nitrogens is 1. The van der Waals surface area contributed by atoms with Gasteiger partial charge in [-0.1, -0.05) is 84.9 Å². The van der Waals surface area contributed by atoms with Gasteiger partial charge in [-0.15, -0.1) is 11.3 Å². The van der Waals surface area contributed by atoms with Gasteiger partial charge >= 0.3 is 6.18 Å². The topological polar surface area (TPSA) is 180 Å². The number of nitriles is 1. The number of thiazole rings is 1. The third-order valence-corrected chi connectivity index (χ3v) is 15.8. The first kappa shape index (κ1) is 54.9. The fourth-order valence-corrected chi connectivity index (χ4v) is 11.8. The zero-order valence-corrected chi connectivity index (χ0v) is 44.0. The van der Waals surface area contributed by atoms with Gasteiger partial charge in [-0.2, -0.15) is 18.4 Å². The van der Waals surface area contributed by atoms with Crippen molar-refractivity contribution >= 4 is 35.0 Å². The molecule has 4 aromatic rings. The number of ether oxygens (including phenoxy) is 1. The van der Waals surface area contributed by atoms with Crippen molar-refractivity contribution in [3.05, 3.63) is 106 Å². The van der Waals surface area contributed by atoms with E-state index in [0.717, 1.165) is 71.9 Å². The summed E-state index contributed by atoms with van der Waals surface area (Å²) in [6, 6.07) is 17.8. The minimum atomic E-state index is -4.71. The molecule has 3 aromatic carbocycles. The fourth-order valence-electron chi connectivity index (χ4n) is 11.0. The molecule has 1 unspecified atom stereocenters. The molecule has 73 heavy (non-hydrogen) atoms. The number of alkyl halides is 3. The van der Waals surface area contributed by atoms with Gasteiger partial charge in [0.15, 0.2) is 0 Å². The molecule has 2 saturated heterocycles. The Kier molecular flexibility index (Phi) is 16.5. The Bertz CT molecular complexity index is 2650. The van der Waals surface area contributed by atoms with Crippen LogP contribution in [0.3, 0.4) is 0 Å². The molecule has 3 heterocycles. The van der Waals surface area contributed by atoms with Crippen LogP contribution in [0.5, 0.6) is 5.75 Å². The maximum absolute atomic E-state index is 14.2. The highest BCUT2D eigenvalue weighted by atomic mass is 32.1. The Hall–Kier alpha value is -5.87. The lowest BCUT2D eigenvalue weighted by atomic mass is 9.49. The molecule has 3 aliphatic rings. The molecule has 1 aromatic heterocycles. The van der Waals surface area contributed by atoms with E-state index in [9.17, 15) is 42.7 Å². The Labute approximate surface area is 430 Å². The number of hydrogen-bond acceptors (Lipinski definition) is 11. The van der Waals surface area contributed by atoms with Gasteiger partial charge in [0, 0.05) is 61.6 Å². The molecule has 14 nitrogen and oxygen atoms in total. The number of aryl methyl sites for hydroxylation is 2. The molecule has 7 rings (SSSR count). The molecule has 4 atom stereocenters. The van der Waals surface area contributed by atoms with E-state index in [4.69, 9.17) is 4.74 Å². The number of likely N-dealkylation sites (tertiary alicyclic amines) is 1. The zero-order chi connectivity index (χ0) is 53.2. The molecular weight excluding hydrogens is 958 g/mol. The molecule has 0 bridgehead atoms. The summed E-state index contributed by atoms with van der Waals surface area (Å²) in [6.07, 6.45) is -4.32. The number of nitrogens with one attached hydrogen (secondary N) is 3. The highest BCUT2D eigenvalue weighted by Gasteiger charge is 2.64. The van der Waals surface area contributed by atoms with Crippen LogP contribution in [0.4, 0.5) is 13.2 Å². The van der Waals surface area contributed by atoms with E-state index in [1.165, 1.54) is 11.0 Å². The van der Waals surface area contributed by atoms with E-state index in [-0.39, 0.29) is 55.1 Å². The van der Waals surface area contributed by atoms with Crippen molar-refractivity contribution in [3.63, 3.8) is 0 Å². The van der Waals surface area contributed by atoms with E-state index < -0.39 is 63.7 Å². The summed E-state index contributed by atoms with van der Waals surface area (Å²) < 4.78 is 47.0. The Morgan fingerprint density at radius 1 is 0.932 bits per heavy atom. The lowest BCUT2D eigenvalue weighted by Gasteiger charge is -2.63. The Morgan fingerprint density at radius 2 is 1.58 bits per heavy atom. The summed E-state index contributed by atoms with van der Waals surface area (Å²) >= 11 is 1.57. The van der Waals surface area contributed by atoms with Gasteiger partial charge in [-0.05, 0) is 85.7 Å². The van der Waals surface area contributed by atoms with Crippen LogP contribution < -0.4 is 20.7 Å². The van der Waals surface area contributed by atoms with Crippen molar-refractivity contribution in [2.24, 2.45) is 16.2 Å². The number of nitrogens with zero attached hydrogens (tertiary/aromatic N) is 5. The number of piperazine rings is 1. The van der Waals surface area contributed by atoms with Crippen molar-refractivity contribution in [2.45, 2.75) is 124 Å². The lowest BCUT2D eigenvalue weighted by molar-refractivity contribution is -0.164. The normalized spacial score (nSPS) is 21.8. The molecule has 4 N–H and O–H groups in total. The quantitative estimate of drug-likeness (QED) is 0.0876. The van der Waals surface area contributed by atoms with Crippen LogP contribution in [0.1, 0.15) is 113 Å². The van der Waals surface area contributed by atoms with Crippen molar-refractivity contribution < 1.29 is 42.2 Å². The average molecular weight is 1030 g/mol. The van der Waals surface area contributed by atoms with Gasteiger partial charge in [-0.25, -0.2) is 4.98 Å². The second-order valence-electron chi connectivity index (χ2n) is 22.2. The Balaban J connectivity index is 0.837. The first-order chi connectivity index (χ1) is 34.3. The molecule has 0 spiro atoms. The Morgan fingerprint density at radius 3 is 2.16 bits per heavy atom. The zero-order valence-electron chi connectivity index (χ0n) is 43.2. The number of β-amino-alcohol motifs (C(OH)–C–C–N with tert-alkyl or cyclic N) is 1. The van der Waals surface area contributed by atoms with Crippen LogP contribution >= 0.6 is 11.3 Å². The molecule has 3 fully saturated rings. The average Bonchev–Trinajstić information content (AvgIpc) is 3.96. The maximum Gasteiger partial charge on any atom is 0.417 e. The van der Waals surface area contributed by atoms with Gasteiger partial charge in [0.05, 0.1) is 52.0 Å². The SMILES string of the molecule is Cc1ncsc1-c1ccc(C(C)NC(=O)[C@@H]2C[C@@H](O)CN2C(=O)[C@@H](NC(=O)CN2CCN(CCCc3ccc(C(=O)N[C@H]4C(C)(C)[C@H](Oc5ccc(C#N)c(C(F)(F)F)c5)C4(C)C)cc3)CC2)C(C)(C)C)cc1.